The summed E-state index contributed by atoms with van der Waals surface area (Å²) in [5.41, 5.74) is 0.401. The molecule has 0 radical (unpaired) electrons. The number of benzene rings is 1. The van der Waals surface area contributed by atoms with Crippen molar-refractivity contribution in [2.45, 2.75) is 26.4 Å². The third-order valence-electron chi connectivity index (χ3n) is 2.36. The van der Waals surface area contributed by atoms with Crippen molar-refractivity contribution in [2.75, 3.05) is 0 Å². The quantitative estimate of drug-likeness (QED) is 0.792. The molecule has 0 aliphatic rings. The van der Waals surface area contributed by atoms with Crippen LogP contribution < -0.4 is 9.84 Å². The van der Waals surface area contributed by atoms with Crippen LogP contribution in [0.15, 0.2) is 24.3 Å². The van der Waals surface area contributed by atoms with Gasteiger partial charge in [0.2, 0.25) is 0 Å². The predicted molar refractivity (Wildman–Crippen MR) is 55.7 cm³/mol. The summed E-state index contributed by atoms with van der Waals surface area (Å²) in [6, 6.07) is 5.68. The molecule has 0 heterocycles. The first kappa shape index (κ1) is 13.4. The molecule has 3 nitrogen and oxygen atoms in total. The third kappa shape index (κ3) is 3.69. The molecule has 5 heteroatoms. The Kier molecular flexibility index (Phi) is 4.43. The number of carbonyl (C=O) groups is 1. The first-order valence-corrected chi connectivity index (χ1v) is 5.17. The van der Waals surface area contributed by atoms with Gasteiger partial charge >= 0.3 is 6.61 Å². The second-order valence-electron chi connectivity index (χ2n) is 3.99. The Morgan fingerprint density at radius 2 is 2.00 bits per heavy atom. The molecule has 17 heavy (non-hydrogen) atoms. The lowest BCUT2D eigenvalue weighted by Crippen LogP contribution is -2.32. The van der Waals surface area contributed by atoms with Gasteiger partial charge in [-0.2, -0.15) is 8.78 Å². The van der Waals surface area contributed by atoms with Crippen LogP contribution in [0.2, 0.25) is 0 Å². The first-order chi connectivity index (χ1) is 7.91. The molecule has 0 N–H and O–H groups in total. The molecule has 1 atom stereocenters. The van der Waals surface area contributed by atoms with Crippen LogP contribution in [0, 0.1) is 5.92 Å². The Balaban J connectivity index is 3.00. The Bertz CT molecular complexity index is 391. The van der Waals surface area contributed by atoms with Crippen LogP contribution in [-0.2, 0) is 4.79 Å². The molecule has 1 aromatic carbocycles. The van der Waals surface area contributed by atoms with Crippen LogP contribution in [0.25, 0.3) is 0 Å². The van der Waals surface area contributed by atoms with E-state index in [0.29, 0.717) is 5.56 Å². The summed E-state index contributed by atoms with van der Waals surface area (Å²) in [6.07, 6.45) is 0. The number of carboxylic acids is 1. The van der Waals surface area contributed by atoms with Crippen molar-refractivity contribution in [1.29, 1.82) is 0 Å². The number of ether oxygens (including phenoxy) is 1. The molecular weight excluding hydrogens is 230 g/mol. The second kappa shape index (κ2) is 5.61. The highest BCUT2D eigenvalue weighted by atomic mass is 19.3. The van der Waals surface area contributed by atoms with Gasteiger partial charge in [-0.05, 0) is 23.6 Å². The van der Waals surface area contributed by atoms with Crippen molar-refractivity contribution in [2.24, 2.45) is 5.92 Å². The van der Waals surface area contributed by atoms with E-state index in [1.807, 2.05) is 0 Å². The van der Waals surface area contributed by atoms with E-state index >= 15 is 0 Å². The average Bonchev–Trinajstić information content (AvgIpc) is 2.15. The van der Waals surface area contributed by atoms with E-state index in [2.05, 4.69) is 4.74 Å². The molecule has 0 aliphatic heterocycles. The summed E-state index contributed by atoms with van der Waals surface area (Å²) < 4.78 is 28.3. The molecule has 0 aliphatic carbocycles. The summed E-state index contributed by atoms with van der Waals surface area (Å²) in [5.74, 6) is -2.31. The van der Waals surface area contributed by atoms with E-state index in [0.717, 1.165) is 0 Å². The maximum Gasteiger partial charge on any atom is 0.387 e. The monoisotopic (exact) mass is 243 g/mol. The maximum atomic E-state index is 12.0. The van der Waals surface area contributed by atoms with Crippen molar-refractivity contribution in [3.05, 3.63) is 29.8 Å². The van der Waals surface area contributed by atoms with Crippen LogP contribution in [-0.4, -0.2) is 12.6 Å². The zero-order valence-electron chi connectivity index (χ0n) is 9.52. The topological polar surface area (TPSA) is 49.4 Å². The summed E-state index contributed by atoms with van der Waals surface area (Å²) in [5, 5.41) is 11.0. The molecule has 0 amide bonds. The second-order valence-corrected chi connectivity index (χ2v) is 3.99. The number of carbonyl (C=O) groups excluding carboxylic acids is 1. The standard InChI is InChI=1S/C12H14F2O3/c1-7(2)10(11(15)16)8-4-3-5-9(6-8)17-12(13)14/h3-7,10,12H,1-2H3,(H,15,16)/p-1. The minimum atomic E-state index is -2.93. The third-order valence-corrected chi connectivity index (χ3v) is 2.36. The SMILES string of the molecule is CC(C)C(C(=O)[O-])c1cccc(OC(F)F)c1. The number of aliphatic carboxylic acids is 1. The fourth-order valence-corrected chi connectivity index (χ4v) is 1.68. The molecule has 1 unspecified atom stereocenters. The Morgan fingerprint density at radius 1 is 1.35 bits per heavy atom. The number of hydrogen-bond acceptors (Lipinski definition) is 3. The van der Waals surface area contributed by atoms with Crippen LogP contribution in [0.3, 0.4) is 0 Å². The average molecular weight is 243 g/mol. The Morgan fingerprint density at radius 3 is 2.47 bits per heavy atom. The molecule has 1 aromatic rings. The molecule has 94 valence electrons. The van der Waals surface area contributed by atoms with Gasteiger partial charge in [0.25, 0.3) is 0 Å². The highest BCUT2D eigenvalue weighted by Crippen LogP contribution is 2.27. The number of alkyl halides is 2. The van der Waals surface area contributed by atoms with E-state index in [1.54, 1.807) is 19.9 Å². The van der Waals surface area contributed by atoms with Gasteiger partial charge < -0.3 is 14.6 Å². The minimum Gasteiger partial charge on any atom is -0.549 e. The molecular formula is C12H13F2O3-. The van der Waals surface area contributed by atoms with Crippen molar-refractivity contribution >= 4 is 5.97 Å². The number of halogens is 2. The van der Waals surface area contributed by atoms with Gasteiger partial charge in [-0.25, -0.2) is 0 Å². The van der Waals surface area contributed by atoms with Crippen molar-refractivity contribution < 1.29 is 23.4 Å². The fourth-order valence-electron chi connectivity index (χ4n) is 1.68. The molecule has 1 rings (SSSR count). The summed E-state index contributed by atoms with van der Waals surface area (Å²) >= 11 is 0. The molecule has 0 saturated carbocycles. The zero-order valence-corrected chi connectivity index (χ0v) is 9.52. The first-order valence-electron chi connectivity index (χ1n) is 5.17. The molecule has 0 spiro atoms. The molecule has 0 fully saturated rings. The molecule has 0 bridgehead atoms. The normalized spacial score (nSPS) is 12.8. The predicted octanol–water partition coefficient (Wildman–Crippen LogP) is 1.78. The van der Waals surface area contributed by atoms with Gasteiger partial charge in [-0.3, -0.25) is 0 Å². The van der Waals surface area contributed by atoms with Crippen LogP contribution in [0.5, 0.6) is 5.75 Å². The zero-order chi connectivity index (χ0) is 13.0. The lowest BCUT2D eigenvalue weighted by Gasteiger charge is -2.22. The lowest BCUT2D eigenvalue weighted by molar-refractivity contribution is -0.309. The van der Waals surface area contributed by atoms with Crippen molar-refractivity contribution in [1.82, 2.24) is 0 Å². The van der Waals surface area contributed by atoms with Crippen molar-refractivity contribution in [3.63, 3.8) is 0 Å². The Hall–Kier alpha value is -1.65. The molecule has 0 saturated heterocycles. The van der Waals surface area contributed by atoms with E-state index in [9.17, 15) is 18.7 Å². The van der Waals surface area contributed by atoms with Crippen LogP contribution in [0.4, 0.5) is 8.78 Å². The highest BCUT2D eigenvalue weighted by Gasteiger charge is 2.18. The van der Waals surface area contributed by atoms with E-state index < -0.39 is 18.5 Å². The van der Waals surface area contributed by atoms with Gasteiger partial charge in [0.15, 0.2) is 0 Å². The summed E-state index contributed by atoms with van der Waals surface area (Å²) in [4.78, 5) is 11.0. The van der Waals surface area contributed by atoms with Gasteiger partial charge in [-0.1, -0.05) is 26.0 Å². The summed E-state index contributed by atoms with van der Waals surface area (Å²) in [7, 11) is 0. The van der Waals surface area contributed by atoms with Gasteiger partial charge in [-0.15, -0.1) is 0 Å². The lowest BCUT2D eigenvalue weighted by atomic mass is 9.88. The van der Waals surface area contributed by atoms with Gasteiger partial charge in [0.1, 0.15) is 5.75 Å². The van der Waals surface area contributed by atoms with E-state index in [-0.39, 0.29) is 11.7 Å². The summed E-state index contributed by atoms with van der Waals surface area (Å²) in [6.45, 7) is 0.521. The number of rotatable bonds is 5. The fraction of sp³-hybridized carbons (Fsp3) is 0.417. The largest absolute Gasteiger partial charge is 0.549 e. The number of carboxylic acid groups (broad SMARTS) is 1. The van der Waals surface area contributed by atoms with Crippen LogP contribution >= 0.6 is 0 Å². The minimum absolute atomic E-state index is 0.0515. The van der Waals surface area contributed by atoms with Crippen LogP contribution in [0.1, 0.15) is 25.3 Å². The van der Waals surface area contributed by atoms with Crippen molar-refractivity contribution in [3.8, 4) is 5.75 Å². The van der Waals surface area contributed by atoms with E-state index in [4.69, 9.17) is 0 Å². The maximum absolute atomic E-state index is 12.0. The smallest absolute Gasteiger partial charge is 0.387 e. The van der Waals surface area contributed by atoms with E-state index in [1.165, 1.54) is 18.2 Å². The number of hydrogen-bond donors (Lipinski definition) is 0. The van der Waals surface area contributed by atoms with Gasteiger partial charge in [0.05, 0.1) is 0 Å². The highest BCUT2D eigenvalue weighted by molar-refractivity contribution is 5.74. The Labute approximate surface area is 98.0 Å². The van der Waals surface area contributed by atoms with Gasteiger partial charge in [0, 0.05) is 11.9 Å². The molecule has 0 aromatic heterocycles.